The van der Waals surface area contributed by atoms with Crippen LogP contribution in [-0.2, 0) is 6.61 Å². The number of aliphatic hydroxyl groups excluding tert-OH is 1. The van der Waals surface area contributed by atoms with E-state index >= 15 is 0 Å². The monoisotopic (exact) mass is 429 g/mol. The van der Waals surface area contributed by atoms with E-state index in [1.165, 1.54) is 0 Å². The maximum Gasteiger partial charge on any atom is 0.138 e. The van der Waals surface area contributed by atoms with Crippen LogP contribution in [0.2, 0.25) is 5.02 Å². The molecule has 6 nitrogen and oxygen atoms in total. The largest absolute Gasteiger partial charge is 0.493 e. The van der Waals surface area contributed by atoms with Crippen molar-refractivity contribution in [3.05, 3.63) is 53.2 Å². The third-order valence-corrected chi connectivity index (χ3v) is 5.35. The fourth-order valence-electron chi connectivity index (χ4n) is 3.25. The molecule has 0 radical (unpaired) electrons. The van der Waals surface area contributed by atoms with E-state index in [1.54, 1.807) is 30.5 Å². The Bertz CT molecular complexity index is 993. The SMILES string of the molecule is CCN(CC)CCCOc1cc2nccc(Oc3ccc(N)c(Cl)c3)c2cc1CO. The van der Waals surface area contributed by atoms with E-state index < -0.39 is 0 Å². The average molecular weight is 430 g/mol. The van der Waals surface area contributed by atoms with Gasteiger partial charge in [-0.2, -0.15) is 0 Å². The molecule has 7 heteroatoms. The van der Waals surface area contributed by atoms with Crippen LogP contribution < -0.4 is 15.2 Å². The molecule has 0 aliphatic carbocycles. The number of halogens is 1. The van der Waals surface area contributed by atoms with Crippen molar-refractivity contribution in [2.45, 2.75) is 26.9 Å². The van der Waals surface area contributed by atoms with Crippen LogP contribution in [0.3, 0.4) is 0 Å². The van der Waals surface area contributed by atoms with E-state index in [0.717, 1.165) is 37.0 Å². The van der Waals surface area contributed by atoms with Gasteiger partial charge in [-0.3, -0.25) is 4.98 Å². The number of hydrogen-bond donors (Lipinski definition) is 2. The number of ether oxygens (including phenoxy) is 2. The van der Waals surface area contributed by atoms with Gasteiger partial charge >= 0.3 is 0 Å². The summed E-state index contributed by atoms with van der Waals surface area (Å²) in [4.78, 5) is 6.79. The highest BCUT2D eigenvalue weighted by molar-refractivity contribution is 6.33. The molecule has 2 aromatic carbocycles. The van der Waals surface area contributed by atoms with Gasteiger partial charge in [0.15, 0.2) is 0 Å². The van der Waals surface area contributed by atoms with Crippen molar-refractivity contribution in [2.75, 3.05) is 32.0 Å². The second kappa shape index (κ2) is 10.5. The average Bonchev–Trinajstić information content (AvgIpc) is 2.76. The van der Waals surface area contributed by atoms with Gasteiger partial charge in [-0.25, -0.2) is 0 Å². The number of nitrogen functional groups attached to an aromatic ring is 1. The first kappa shape index (κ1) is 22.2. The van der Waals surface area contributed by atoms with Crippen molar-refractivity contribution >= 4 is 28.2 Å². The van der Waals surface area contributed by atoms with Gasteiger partial charge in [0.1, 0.15) is 17.2 Å². The van der Waals surface area contributed by atoms with Crippen LogP contribution in [-0.4, -0.2) is 41.2 Å². The maximum atomic E-state index is 9.87. The van der Waals surface area contributed by atoms with Crippen LogP contribution in [0.4, 0.5) is 5.69 Å². The number of nitrogens with zero attached hydrogens (tertiary/aromatic N) is 2. The molecule has 0 saturated heterocycles. The summed E-state index contributed by atoms with van der Waals surface area (Å²) >= 11 is 6.10. The quantitative estimate of drug-likeness (QED) is 0.353. The number of anilines is 1. The fourth-order valence-corrected chi connectivity index (χ4v) is 3.42. The molecule has 1 aromatic heterocycles. The predicted octanol–water partition coefficient (Wildman–Crippen LogP) is 4.87. The zero-order valence-electron chi connectivity index (χ0n) is 17.4. The standard InChI is InChI=1S/C23H28ClN3O3/c1-3-27(4-2)10-5-11-29-23-14-21-18(12-16(23)15-28)22(8-9-26-21)30-17-6-7-20(25)19(24)13-17/h6-9,12-14,28H,3-5,10-11,15,25H2,1-2H3. The molecule has 0 unspecified atom stereocenters. The van der Waals surface area contributed by atoms with E-state index in [9.17, 15) is 5.11 Å². The van der Waals surface area contributed by atoms with Crippen molar-refractivity contribution in [3.8, 4) is 17.2 Å². The Morgan fingerprint density at radius 2 is 1.90 bits per heavy atom. The van der Waals surface area contributed by atoms with Crippen LogP contribution in [0.15, 0.2) is 42.6 Å². The number of aromatic nitrogens is 1. The first-order valence-corrected chi connectivity index (χ1v) is 10.5. The summed E-state index contributed by atoms with van der Waals surface area (Å²) in [6, 6.07) is 10.6. The van der Waals surface area contributed by atoms with Crippen molar-refractivity contribution < 1.29 is 14.6 Å². The molecule has 3 rings (SSSR count). The van der Waals surface area contributed by atoms with Crippen molar-refractivity contribution in [1.82, 2.24) is 9.88 Å². The van der Waals surface area contributed by atoms with E-state index in [1.807, 2.05) is 12.1 Å². The second-order valence-corrected chi connectivity index (χ2v) is 7.37. The van der Waals surface area contributed by atoms with Gasteiger partial charge in [-0.1, -0.05) is 25.4 Å². The highest BCUT2D eigenvalue weighted by Crippen LogP contribution is 2.34. The van der Waals surface area contributed by atoms with Crippen LogP contribution in [0.25, 0.3) is 10.9 Å². The number of aliphatic hydroxyl groups is 1. The predicted molar refractivity (Wildman–Crippen MR) is 122 cm³/mol. The lowest BCUT2D eigenvalue weighted by Gasteiger charge is -2.18. The van der Waals surface area contributed by atoms with Crippen molar-refractivity contribution in [3.63, 3.8) is 0 Å². The summed E-state index contributed by atoms with van der Waals surface area (Å²) in [6.07, 6.45) is 2.60. The van der Waals surface area contributed by atoms with E-state index in [0.29, 0.717) is 40.1 Å². The first-order chi connectivity index (χ1) is 14.5. The van der Waals surface area contributed by atoms with Gasteiger partial charge < -0.3 is 25.2 Å². The highest BCUT2D eigenvalue weighted by atomic mass is 35.5. The summed E-state index contributed by atoms with van der Waals surface area (Å²) < 4.78 is 12.0. The molecule has 0 aliphatic rings. The molecule has 0 saturated carbocycles. The molecule has 0 spiro atoms. The lowest BCUT2D eigenvalue weighted by molar-refractivity contribution is 0.238. The van der Waals surface area contributed by atoms with Crippen molar-refractivity contribution in [1.29, 1.82) is 0 Å². The number of pyridine rings is 1. The molecule has 1 heterocycles. The molecule has 3 N–H and O–H groups in total. The number of fused-ring (bicyclic) bond motifs is 1. The Hall–Kier alpha value is -2.54. The lowest BCUT2D eigenvalue weighted by atomic mass is 10.1. The van der Waals surface area contributed by atoms with Gasteiger partial charge in [-0.05, 0) is 43.8 Å². The summed E-state index contributed by atoms with van der Waals surface area (Å²) in [5.74, 6) is 1.83. The van der Waals surface area contributed by atoms with Gasteiger partial charge in [0.2, 0.25) is 0 Å². The summed E-state index contributed by atoms with van der Waals surface area (Å²) in [5.41, 5.74) is 7.68. The van der Waals surface area contributed by atoms with Crippen LogP contribution in [0.5, 0.6) is 17.2 Å². The lowest BCUT2D eigenvalue weighted by Crippen LogP contribution is -2.25. The van der Waals surface area contributed by atoms with Gasteiger partial charge in [0.25, 0.3) is 0 Å². The van der Waals surface area contributed by atoms with E-state index in [-0.39, 0.29) is 6.61 Å². The summed E-state index contributed by atoms with van der Waals surface area (Å²) in [5, 5.41) is 11.1. The van der Waals surface area contributed by atoms with Gasteiger partial charge in [0.05, 0.1) is 29.4 Å². The van der Waals surface area contributed by atoms with Crippen LogP contribution in [0.1, 0.15) is 25.8 Å². The maximum absolute atomic E-state index is 9.87. The minimum absolute atomic E-state index is 0.136. The molecule has 0 aliphatic heterocycles. The molecule has 0 bridgehead atoms. The number of nitrogens with two attached hydrogens (primary N) is 1. The number of rotatable bonds is 10. The first-order valence-electron chi connectivity index (χ1n) is 10.2. The molecule has 3 aromatic rings. The Morgan fingerprint density at radius 1 is 1.10 bits per heavy atom. The van der Waals surface area contributed by atoms with Gasteiger partial charge in [0, 0.05) is 35.8 Å². The molecule has 0 amide bonds. The Morgan fingerprint density at radius 3 is 2.60 bits per heavy atom. The minimum Gasteiger partial charge on any atom is -0.493 e. The van der Waals surface area contributed by atoms with Crippen LogP contribution in [0, 0.1) is 0 Å². The third-order valence-electron chi connectivity index (χ3n) is 5.02. The van der Waals surface area contributed by atoms with E-state index in [4.69, 9.17) is 26.8 Å². The highest BCUT2D eigenvalue weighted by Gasteiger charge is 2.12. The minimum atomic E-state index is -0.136. The fraction of sp³-hybridized carbons (Fsp3) is 0.348. The molecule has 30 heavy (non-hydrogen) atoms. The Balaban J connectivity index is 1.80. The molecule has 160 valence electrons. The van der Waals surface area contributed by atoms with Crippen molar-refractivity contribution in [2.24, 2.45) is 0 Å². The topological polar surface area (TPSA) is 80.8 Å². The van der Waals surface area contributed by atoms with Gasteiger partial charge in [-0.15, -0.1) is 0 Å². The smallest absolute Gasteiger partial charge is 0.138 e. The Kier molecular flexibility index (Phi) is 7.74. The second-order valence-electron chi connectivity index (χ2n) is 6.96. The number of hydrogen-bond acceptors (Lipinski definition) is 6. The van der Waals surface area contributed by atoms with Crippen LogP contribution >= 0.6 is 11.6 Å². The Labute approximate surface area is 182 Å². The third kappa shape index (κ3) is 5.33. The molecule has 0 atom stereocenters. The number of benzene rings is 2. The summed E-state index contributed by atoms with van der Waals surface area (Å²) in [7, 11) is 0. The molecular formula is C23H28ClN3O3. The normalized spacial score (nSPS) is 11.2. The molecular weight excluding hydrogens is 402 g/mol. The zero-order valence-corrected chi connectivity index (χ0v) is 18.2. The molecule has 0 fully saturated rings. The zero-order chi connectivity index (χ0) is 21.5. The van der Waals surface area contributed by atoms with E-state index in [2.05, 4.69) is 23.7 Å². The summed E-state index contributed by atoms with van der Waals surface area (Å²) in [6.45, 7) is 7.79.